The Balaban J connectivity index is 1.34. The Morgan fingerprint density at radius 2 is 1.67 bits per heavy atom. The maximum absolute atomic E-state index is 13.1. The van der Waals surface area contributed by atoms with E-state index in [9.17, 15) is 18.0 Å². The molecule has 2 N–H and O–H groups in total. The van der Waals surface area contributed by atoms with Gasteiger partial charge in [-0.2, -0.15) is 0 Å². The summed E-state index contributed by atoms with van der Waals surface area (Å²) in [6.07, 6.45) is 1.67. The second-order valence-electron chi connectivity index (χ2n) is 10.6. The molecule has 5 aliphatic heterocycles. The van der Waals surface area contributed by atoms with Gasteiger partial charge in [0.1, 0.15) is 11.9 Å². The van der Waals surface area contributed by atoms with Crippen molar-refractivity contribution in [3.05, 3.63) is 83.4 Å². The highest BCUT2D eigenvalue weighted by molar-refractivity contribution is 7.90. The number of likely N-dealkylation sites (tertiary alicyclic amines) is 1. The smallest absolute Gasteiger partial charge is 0.258 e. The molecule has 5 heterocycles. The number of rotatable bonds is 4. The van der Waals surface area contributed by atoms with Gasteiger partial charge < -0.3 is 24.8 Å². The predicted octanol–water partition coefficient (Wildman–Crippen LogP) is 2.49. The van der Waals surface area contributed by atoms with Crippen LogP contribution < -0.4 is 24.8 Å². The molecule has 0 radical (unpaired) electrons. The van der Waals surface area contributed by atoms with Crippen LogP contribution >= 0.6 is 0 Å². The molecule has 10 nitrogen and oxygen atoms in total. The Bertz CT molecular complexity index is 1530. The third-order valence-electron chi connectivity index (χ3n) is 7.37. The molecule has 2 amide bonds. The molecule has 4 bridgehead atoms. The summed E-state index contributed by atoms with van der Waals surface area (Å²) in [5.74, 6) is 1.27. The number of benzene rings is 3. The lowest BCUT2D eigenvalue weighted by Crippen LogP contribution is -2.45. The summed E-state index contributed by atoms with van der Waals surface area (Å²) in [6, 6.07) is 19.5. The molecular weight excluding hydrogens is 558 g/mol. The van der Waals surface area contributed by atoms with Gasteiger partial charge in [0.25, 0.3) is 5.91 Å². The first-order valence-corrected chi connectivity index (χ1v) is 15.7. The fraction of sp³-hybridized carbons (Fsp3) is 0.355. The summed E-state index contributed by atoms with van der Waals surface area (Å²) in [6.45, 7) is 1.93. The molecule has 222 valence electrons. The molecule has 1 saturated heterocycles. The third kappa shape index (κ3) is 7.59. The topological polar surface area (TPSA) is 123 Å². The van der Waals surface area contributed by atoms with E-state index in [1.807, 2.05) is 48.5 Å². The number of carbonyl (C=O) groups is 2. The molecule has 42 heavy (non-hydrogen) atoms. The average molecular weight is 594 g/mol. The number of methoxy groups -OCH3 is 1. The number of ether oxygens (including phenoxy) is 3. The van der Waals surface area contributed by atoms with Crippen LogP contribution in [-0.2, 0) is 38.9 Å². The molecule has 0 aliphatic carbocycles. The minimum Gasteiger partial charge on any atom is -0.493 e. The van der Waals surface area contributed by atoms with Gasteiger partial charge in [-0.15, -0.1) is 0 Å². The van der Waals surface area contributed by atoms with Gasteiger partial charge in [-0.05, 0) is 59.5 Å². The second kappa shape index (κ2) is 12.8. The zero-order chi connectivity index (χ0) is 29.7. The quantitative estimate of drug-likeness (QED) is 0.473. The molecule has 0 spiro atoms. The Hall–Kier alpha value is -4.09. The summed E-state index contributed by atoms with van der Waals surface area (Å²) in [7, 11) is -1.73. The Morgan fingerprint density at radius 1 is 0.929 bits per heavy atom. The normalized spacial score (nSPS) is 20.1. The van der Waals surface area contributed by atoms with Crippen molar-refractivity contribution in [3.8, 4) is 17.2 Å². The van der Waals surface area contributed by atoms with Crippen molar-refractivity contribution in [1.29, 1.82) is 0 Å². The fourth-order valence-electron chi connectivity index (χ4n) is 5.12. The minimum absolute atomic E-state index is 0.0892. The first-order valence-electron chi connectivity index (χ1n) is 13.8. The summed E-state index contributed by atoms with van der Waals surface area (Å²) < 4.78 is 41.2. The van der Waals surface area contributed by atoms with Gasteiger partial charge in [0, 0.05) is 38.9 Å². The molecule has 0 unspecified atom stereocenters. The van der Waals surface area contributed by atoms with E-state index in [1.165, 1.54) is 13.4 Å². The van der Waals surface area contributed by atoms with Gasteiger partial charge in [0.05, 0.1) is 18.0 Å². The zero-order valence-electron chi connectivity index (χ0n) is 23.7. The summed E-state index contributed by atoms with van der Waals surface area (Å²) >= 11 is 0. The van der Waals surface area contributed by atoms with Crippen molar-refractivity contribution in [1.82, 2.24) is 15.5 Å². The van der Waals surface area contributed by atoms with E-state index in [2.05, 4.69) is 15.5 Å². The highest BCUT2D eigenvalue weighted by atomic mass is 32.2. The van der Waals surface area contributed by atoms with Gasteiger partial charge in [0.2, 0.25) is 5.91 Å². The van der Waals surface area contributed by atoms with Crippen LogP contribution in [0.5, 0.6) is 17.2 Å². The SMILES string of the molecule is COc1cc2ccc1OCC(=O)NCc1ccc(cc1)O[C@H]1CN(Cc3ccc(S(C)(=O)=O)cc3)C[C@@H]1NC(=O)CC2. The first kappa shape index (κ1) is 29.4. The number of amides is 2. The van der Waals surface area contributed by atoms with Crippen LogP contribution in [0.25, 0.3) is 0 Å². The van der Waals surface area contributed by atoms with E-state index in [-0.39, 0.29) is 41.9 Å². The Kier molecular flexibility index (Phi) is 8.98. The van der Waals surface area contributed by atoms with Crippen molar-refractivity contribution in [3.63, 3.8) is 0 Å². The van der Waals surface area contributed by atoms with Crippen LogP contribution in [0.4, 0.5) is 0 Å². The lowest BCUT2D eigenvalue weighted by Gasteiger charge is -2.22. The van der Waals surface area contributed by atoms with E-state index >= 15 is 0 Å². The molecule has 5 aliphatic rings. The number of carbonyl (C=O) groups excluding carboxylic acids is 2. The molecule has 3 aromatic carbocycles. The lowest BCUT2D eigenvalue weighted by molar-refractivity contribution is -0.123. The Labute approximate surface area is 245 Å². The number of nitrogens with one attached hydrogen (secondary N) is 2. The number of hydrogen-bond acceptors (Lipinski definition) is 8. The molecule has 0 aromatic heterocycles. The van der Waals surface area contributed by atoms with E-state index in [4.69, 9.17) is 14.2 Å². The van der Waals surface area contributed by atoms with Gasteiger partial charge in [0.15, 0.2) is 27.9 Å². The van der Waals surface area contributed by atoms with Crippen LogP contribution in [0.1, 0.15) is 23.1 Å². The number of hydrogen-bond donors (Lipinski definition) is 2. The first-order chi connectivity index (χ1) is 20.2. The maximum atomic E-state index is 13.1. The molecular formula is C31H35N3O7S. The van der Waals surface area contributed by atoms with Crippen LogP contribution in [0, 0.1) is 0 Å². The maximum Gasteiger partial charge on any atom is 0.258 e. The number of sulfone groups is 1. The summed E-state index contributed by atoms with van der Waals surface area (Å²) in [5, 5.41) is 6.03. The highest BCUT2D eigenvalue weighted by Gasteiger charge is 2.35. The molecule has 2 atom stereocenters. The van der Waals surface area contributed by atoms with Crippen molar-refractivity contribution < 1.29 is 32.2 Å². The average Bonchev–Trinajstić information content (AvgIpc) is 3.33. The molecule has 11 heteroatoms. The number of aryl methyl sites for hydroxylation is 1. The fourth-order valence-corrected chi connectivity index (χ4v) is 5.75. The van der Waals surface area contributed by atoms with Crippen molar-refractivity contribution in [2.75, 3.05) is 33.1 Å². The van der Waals surface area contributed by atoms with E-state index in [0.717, 1.165) is 16.7 Å². The molecule has 8 rings (SSSR count). The van der Waals surface area contributed by atoms with Crippen LogP contribution in [0.15, 0.2) is 71.6 Å². The second-order valence-corrected chi connectivity index (χ2v) is 12.7. The largest absolute Gasteiger partial charge is 0.493 e. The van der Waals surface area contributed by atoms with Crippen LogP contribution in [-0.4, -0.2) is 70.3 Å². The van der Waals surface area contributed by atoms with Gasteiger partial charge in [-0.1, -0.05) is 30.3 Å². The van der Waals surface area contributed by atoms with Gasteiger partial charge >= 0.3 is 0 Å². The third-order valence-corrected chi connectivity index (χ3v) is 8.50. The minimum atomic E-state index is -3.27. The van der Waals surface area contributed by atoms with E-state index < -0.39 is 9.84 Å². The van der Waals surface area contributed by atoms with Crippen LogP contribution in [0.2, 0.25) is 0 Å². The monoisotopic (exact) mass is 593 g/mol. The summed E-state index contributed by atoms with van der Waals surface area (Å²) in [5.41, 5.74) is 2.78. The van der Waals surface area contributed by atoms with Crippen molar-refractivity contribution >= 4 is 21.7 Å². The zero-order valence-corrected chi connectivity index (χ0v) is 24.5. The Morgan fingerprint density at radius 3 is 2.38 bits per heavy atom. The van der Waals surface area contributed by atoms with Gasteiger partial charge in [-0.25, -0.2) is 8.42 Å². The summed E-state index contributed by atoms with van der Waals surface area (Å²) in [4.78, 5) is 27.9. The lowest BCUT2D eigenvalue weighted by atomic mass is 10.1. The predicted molar refractivity (Wildman–Crippen MR) is 156 cm³/mol. The number of nitrogens with zero attached hydrogens (tertiary/aromatic N) is 1. The standard InChI is InChI=1S/C31H35N3O7S/c1-39-28-15-21-7-13-27(28)40-20-31(36)32-16-22-3-9-24(10-4-22)41-29-19-34(18-26(29)33-30(35)14-8-21)17-23-5-11-25(12-6-23)42(2,37)38/h3-7,9-13,15,26,29H,8,14,16-20H2,1-2H3,(H,32,36)(H,33,35)/t26-,29-/m0/s1. The highest BCUT2D eigenvalue weighted by Crippen LogP contribution is 2.29. The van der Waals surface area contributed by atoms with Crippen molar-refractivity contribution in [2.24, 2.45) is 0 Å². The molecule has 3 aromatic rings. The van der Waals surface area contributed by atoms with Crippen molar-refractivity contribution in [2.45, 2.75) is 43.0 Å². The molecule has 1 fully saturated rings. The van der Waals surface area contributed by atoms with E-state index in [1.54, 1.807) is 18.2 Å². The van der Waals surface area contributed by atoms with Crippen LogP contribution in [0.3, 0.4) is 0 Å². The van der Waals surface area contributed by atoms with Gasteiger partial charge in [-0.3, -0.25) is 14.5 Å². The van der Waals surface area contributed by atoms with E-state index in [0.29, 0.717) is 49.8 Å². The molecule has 0 saturated carbocycles.